The number of rotatable bonds is 8. The minimum Gasteiger partial charge on any atom is -0.466 e. The van der Waals surface area contributed by atoms with E-state index in [9.17, 15) is 4.79 Å². The van der Waals surface area contributed by atoms with E-state index in [1.807, 2.05) is 6.92 Å². The smallest absolute Gasteiger partial charge is 0.313 e. The normalized spacial score (nSPS) is 21.1. The van der Waals surface area contributed by atoms with E-state index in [0.29, 0.717) is 6.61 Å². The molecule has 0 N–H and O–H groups in total. The molecule has 1 unspecified atom stereocenters. The molecule has 1 aliphatic rings. The molecule has 0 aliphatic heterocycles. The summed E-state index contributed by atoms with van der Waals surface area (Å²) in [6.45, 7) is 4.59. The molecular weight excluding hydrogens is 200 g/mol. The van der Waals surface area contributed by atoms with Crippen LogP contribution < -0.4 is 0 Å². The fourth-order valence-corrected chi connectivity index (χ4v) is 1.92. The first kappa shape index (κ1) is 13.3. The van der Waals surface area contributed by atoms with Crippen molar-refractivity contribution in [3.05, 3.63) is 11.6 Å². The number of hydrogen-bond acceptors (Lipinski definition) is 2. The number of esters is 1. The van der Waals surface area contributed by atoms with Crippen LogP contribution in [0, 0.1) is 5.92 Å². The highest BCUT2D eigenvalue weighted by Gasteiger charge is 2.37. The summed E-state index contributed by atoms with van der Waals surface area (Å²) in [6.07, 6.45) is 10.9. The van der Waals surface area contributed by atoms with Crippen molar-refractivity contribution in [2.75, 3.05) is 6.61 Å². The van der Waals surface area contributed by atoms with E-state index in [0.717, 1.165) is 12.8 Å². The third-order valence-electron chi connectivity index (χ3n) is 3.01. The van der Waals surface area contributed by atoms with Crippen molar-refractivity contribution in [3.8, 4) is 0 Å². The van der Waals surface area contributed by atoms with Gasteiger partial charge in [0.25, 0.3) is 0 Å². The zero-order chi connectivity index (χ0) is 11.8. The summed E-state index contributed by atoms with van der Waals surface area (Å²) in [4.78, 5) is 11.3. The average Bonchev–Trinajstić information content (AvgIpc) is 3.03. The van der Waals surface area contributed by atoms with E-state index in [4.69, 9.17) is 4.74 Å². The molecule has 1 fully saturated rings. The van der Waals surface area contributed by atoms with Gasteiger partial charge < -0.3 is 4.74 Å². The van der Waals surface area contributed by atoms with Crippen molar-refractivity contribution >= 4 is 5.97 Å². The van der Waals surface area contributed by atoms with E-state index in [2.05, 4.69) is 13.0 Å². The van der Waals surface area contributed by atoms with Crippen LogP contribution in [0.25, 0.3) is 0 Å². The van der Waals surface area contributed by atoms with Crippen LogP contribution in [0.15, 0.2) is 11.6 Å². The highest BCUT2D eigenvalue weighted by molar-refractivity contribution is 5.80. The quantitative estimate of drug-likeness (QED) is 0.355. The molecule has 1 saturated carbocycles. The Morgan fingerprint density at radius 2 is 2.06 bits per heavy atom. The number of carbonyl (C=O) groups excluding carboxylic acids is 1. The number of unbranched alkanes of at least 4 members (excludes halogenated alkanes) is 5. The second-order valence-corrected chi connectivity index (χ2v) is 4.49. The molecule has 0 saturated heterocycles. The lowest BCUT2D eigenvalue weighted by Crippen LogP contribution is -2.05. The van der Waals surface area contributed by atoms with Gasteiger partial charge in [0.05, 0.1) is 12.5 Å². The third-order valence-corrected chi connectivity index (χ3v) is 3.01. The van der Waals surface area contributed by atoms with Crippen LogP contribution >= 0.6 is 0 Å². The average molecular weight is 224 g/mol. The molecule has 0 amide bonds. The van der Waals surface area contributed by atoms with Crippen LogP contribution in [0.2, 0.25) is 0 Å². The minimum atomic E-state index is -0.0280. The zero-order valence-electron chi connectivity index (χ0n) is 10.6. The van der Waals surface area contributed by atoms with E-state index in [1.54, 1.807) is 0 Å². The Labute approximate surface area is 99.1 Å². The maximum Gasteiger partial charge on any atom is 0.313 e. The molecule has 92 valence electrons. The molecule has 2 heteroatoms. The Bertz CT molecular complexity index is 243. The number of ether oxygens (including phenoxy) is 1. The molecule has 16 heavy (non-hydrogen) atoms. The molecule has 0 radical (unpaired) electrons. The maximum atomic E-state index is 11.3. The first-order chi connectivity index (χ1) is 7.79. The van der Waals surface area contributed by atoms with Gasteiger partial charge in [0, 0.05) is 0 Å². The molecule has 0 bridgehead atoms. The lowest BCUT2D eigenvalue weighted by Gasteiger charge is -1.97. The van der Waals surface area contributed by atoms with Gasteiger partial charge >= 0.3 is 5.97 Å². The Morgan fingerprint density at radius 1 is 1.31 bits per heavy atom. The lowest BCUT2D eigenvalue weighted by atomic mass is 10.1. The summed E-state index contributed by atoms with van der Waals surface area (Å²) in [7, 11) is 0. The minimum absolute atomic E-state index is 0.0280. The SMILES string of the molecule is CCCCCCC/C=C1\CC1C(=O)OCC. The molecule has 0 aromatic carbocycles. The van der Waals surface area contributed by atoms with Crippen LogP contribution in [0.4, 0.5) is 0 Å². The number of hydrogen-bond donors (Lipinski definition) is 0. The first-order valence-electron chi connectivity index (χ1n) is 6.65. The Balaban J connectivity index is 2.03. The topological polar surface area (TPSA) is 26.3 Å². The number of allylic oxidation sites excluding steroid dienone is 1. The van der Waals surface area contributed by atoms with Gasteiger partial charge in [-0.15, -0.1) is 0 Å². The van der Waals surface area contributed by atoms with E-state index in [1.165, 1.54) is 37.7 Å². The van der Waals surface area contributed by atoms with Crippen LogP contribution in [0.1, 0.15) is 58.8 Å². The van der Waals surface area contributed by atoms with Gasteiger partial charge in [-0.25, -0.2) is 0 Å². The van der Waals surface area contributed by atoms with Crippen LogP contribution in [0.3, 0.4) is 0 Å². The van der Waals surface area contributed by atoms with Crippen molar-refractivity contribution in [2.24, 2.45) is 5.92 Å². The van der Waals surface area contributed by atoms with Crippen molar-refractivity contribution in [2.45, 2.75) is 58.8 Å². The predicted octanol–water partition coefficient (Wildman–Crippen LogP) is 3.86. The predicted molar refractivity (Wildman–Crippen MR) is 66.2 cm³/mol. The van der Waals surface area contributed by atoms with Gasteiger partial charge in [0.1, 0.15) is 0 Å². The second kappa shape index (κ2) is 7.48. The van der Waals surface area contributed by atoms with Crippen LogP contribution in [0.5, 0.6) is 0 Å². The van der Waals surface area contributed by atoms with Crippen LogP contribution in [-0.4, -0.2) is 12.6 Å². The van der Waals surface area contributed by atoms with Gasteiger partial charge in [-0.1, -0.05) is 44.3 Å². The molecule has 0 spiro atoms. The fourth-order valence-electron chi connectivity index (χ4n) is 1.92. The molecule has 1 rings (SSSR count). The molecule has 0 heterocycles. The van der Waals surface area contributed by atoms with Gasteiger partial charge in [-0.2, -0.15) is 0 Å². The summed E-state index contributed by atoms with van der Waals surface area (Å²) in [5.41, 5.74) is 1.30. The molecule has 1 atom stereocenters. The standard InChI is InChI=1S/C14H24O2/c1-3-5-6-7-8-9-10-12-11-13(12)14(15)16-4-2/h10,13H,3-9,11H2,1-2H3/b12-10+. The second-order valence-electron chi connectivity index (χ2n) is 4.49. The summed E-state index contributed by atoms with van der Waals surface area (Å²) in [6, 6.07) is 0. The van der Waals surface area contributed by atoms with E-state index < -0.39 is 0 Å². The maximum absolute atomic E-state index is 11.3. The molecule has 0 aromatic heterocycles. The summed E-state index contributed by atoms with van der Waals surface area (Å²) >= 11 is 0. The van der Waals surface area contributed by atoms with Crippen LogP contribution in [-0.2, 0) is 9.53 Å². The monoisotopic (exact) mass is 224 g/mol. The van der Waals surface area contributed by atoms with Crippen molar-refractivity contribution in [3.63, 3.8) is 0 Å². The molecule has 1 aliphatic carbocycles. The van der Waals surface area contributed by atoms with Gasteiger partial charge in [0.2, 0.25) is 0 Å². The summed E-state index contributed by atoms with van der Waals surface area (Å²) in [5, 5.41) is 0. The van der Waals surface area contributed by atoms with Gasteiger partial charge in [-0.3, -0.25) is 4.79 Å². The van der Waals surface area contributed by atoms with E-state index in [-0.39, 0.29) is 11.9 Å². The fraction of sp³-hybridized carbons (Fsp3) is 0.786. The highest BCUT2D eigenvalue weighted by Crippen LogP contribution is 2.39. The third kappa shape index (κ3) is 4.82. The van der Waals surface area contributed by atoms with Crippen molar-refractivity contribution in [1.29, 1.82) is 0 Å². The summed E-state index contributed by atoms with van der Waals surface area (Å²) in [5.74, 6) is 0.0790. The zero-order valence-corrected chi connectivity index (χ0v) is 10.6. The molecule has 2 nitrogen and oxygen atoms in total. The molecule has 0 aromatic rings. The van der Waals surface area contributed by atoms with Crippen molar-refractivity contribution < 1.29 is 9.53 Å². The lowest BCUT2D eigenvalue weighted by molar-refractivity contribution is -0.144. The Kier molecular flexibility index (Phi) is 6.20. The van der Waals surface area contributed by atoms with E-state index >= 15 is 0 Å². The van der Waals surface area contributed by atoms with Crippen molar-refractivity contribution in [1.82, 2.24) is 0 Å². The van der Waals surface area contributed by atoms with Gasteiger partial charge in [0.15, 0.2) is 0 Å². The summed E-state index contributed by atoms with van der Waals surface area (Å²) < 4.78 is 4.98. The Morgan fingerprint density at radius 3 is 2.75 bits per heavy atom. The largest absolute Gasteiger partial charge is 0.466 e. The first-order valence-corrected chi connectivity index (χ1v) is 6.65. The van der Waals surface area contributed by atoms with Gasteiger partial charge in [-0.05, 0) is 26.2 Å². The highest BCUT2D eigenvalue weighted by atomic mass is 16.5. The Hall–Kier alpha value is -0.790. The molecular formula is C14H24O2. The number of carbonyl (C=O) groups is 1.